The number of thiophene rings is 1. The third kappa shape index (κ3) is 3.84. The fraction of sp³-hybridized carbons (Fsp3) is 0.133. The average Bonchev–Trinajstić information content (AvgIpc) is 2.88. The molecule has 20 heavy (non-hydrogen) atoms. The van der Waals surface area contributed by atoms with E-state index in [1.807, 2.05) is 18.2 Å². The monoisotopic (exact) mass is 305 g/mol. The quantitative estimate of drug-likeness (QED) is 0.854. The molecular weight excluding hydrogens is 294 g/mol. The van der Waals surface area contributed by atoms with Gasteiger partial charge in [-0.1, -0.05) is 35.6 Å². The molecule has 2 rings (SSSR count). The molecule has 0 saturated carbocycles. The van der Waals surface area contributed by atoms with Crippen molar-refractivity contribution in [3.05, 3.63) is 51.2 Å². The maximum absolute atomic E-state index is 12.1. The Morgan fingerprint density at radius 3 is 2.80 bits per heavy atom. The number of para-hydroxylation sites is 1. The summed E-state index contributed by atoms with van der Waals surface area (Å²) in [6, 6.07) is 10.7. The van der Waals surface area contributed by atoms with Crippen molar-refractivity contribution in [2.45, 2.75) is 6.42 Å². The van der Waals surface area contributed by atoms with Gasteiger partial charge in [0.25, 0.3) is 5.91 Å². The lowest BCUT2D eigenvalue weighted by atomic mass is 10.1. The van der Waals surface area contributed by atoms with E-state index >= 15 is 0 Å². The van der Waals surface area contributed by atoms with Crippen molar-refractivity contribution in [3.63, 3.8) is 0 Å². The van der Waals surface area contributed by atoms with E-state index in [0.29, 0.717) is 21.3 Å². The van der Waals surface area contributed by atoms with Crippen molar-refractivity contribution >= 4 is 34.5 Å². The number of aliphatic hydroxyl groups excluding tert-OH is 1. The van der Waals surface area contributed by atoms with E-state index in [9.17, 15) is 4.79 Å². The van der Waals surface area contributed by atoms with Gasteiger partial charge in [-0.2, -0.15) is 0 Å². The number of hydrogen-bond donors (Lipinski definition) is 2. The third-order valence-corrected chi connectivity index (χ3v) is 3.66. The summed E-state index contributed by atoms with van der Waals surface area (Å²) < 4.78 is 0.575. The Balaban J connectivity index is 2.17. The zero-order valence-electron chi connectivity index (χ0n) is 10.5. The van der Waals surface area contributed by atoms with Crippen molar-refractivity contribution < 1.29 is 9.90 Å². The van der Waals surface area contributed by atoms with Gasteiger partial charge < -0.3 is 10.4 Å². The summed E-state index contributed by atoms with van der Waals surface area (Å²) in [6.07, 6.45) is 0.406. The summed E-state index contributed by atoms with van der Waals surface area (Å²) in [5.41, 5.74) is 1.37. The second-order valence-electron chi connectivity index (χ2n) is 3.88. The third-order valence-electron chi connectivity index (χ3n) is 2.43. The van der Waals surface area contributed by atoms with E-state index in [-0.39, 0.29) is 12.5 Å². The van der Waals surface area contributed by atoms with Gasteiger partial charge in [-0.15, -0.1) is 11.3 Å². The van der Waals surface area contributed by atoms with Crippen LogP contribution in [-0.4, -0.2) is 17.6 Å². The first-order chi connectivity index (χ1) is 9.70. The number of aliphatic hydroxyl groups is 1. The van der Waals surface area contributed by atoms with Gasteiger partial charge in [-0.05, 0) is 24.3 Å². The van der Waals surface area contributed by atoms with Crippen LogP contribution in [0.15, 0.2) is 36.4 Å². The number of benzene rings is 1. The van der Waals surface area contributed by atoms with E-state index in [0.717, 1.165) is 5.56 Å². The van der Waals surface area contributed by atoms with E-state index in [4.69, 9.17) is 16.7 Å². The number of amides is 1. The Kier molecular flexibility index (Phi) is 5.19. The molecule has 0 aliphatic rings. The molecule has 0 saturated heterocycles. The normalized spacial score (nSPS) is 9.70. The van der Waals surface area contributed by atoms with Crippen LogP contribution in [0.2, 0.25) is 4.34 Å². The molecule has 3 nitrogen and oxygen atoms in total. The first kappa shape index (κ1) is 14.6. The number of halogens is 1. The zero-order chi connectivity index (χ0) is 14.4. The van der Waals surface area contributed by atoms with Crippen molar-refractivity contribution in [2.75, 3.05) is 11.9 Å². The molecule has 1 heterocycles. The first-order valence-corrected chi connectivity index (χ1v) is 7.15. The lowest BCUT2D eigenvalue weighted by Crippen LogP contribution is -2.11. The summed E-state index contributed by atoms with van der Waals surface area (Å²) >= 11 is 7.04. The lowest BCUT2D eigenvalue weighted by molar-refractivity contribution is 0.103. The van der Waals surface area contributed by atoms with E-state index in [2.05, 4.69) is 17.2 Å². The summed E-state index contributed by atoms with van der Waals surface area (Å²) in [5, 5.41) is 11.5. The number of hydrogen-bond acceptors (Lipinski definition) is 3. The molecule has 0 aliphatic heterocycles. The Labute approximate surface area is 126 Å². The van der Waals surface area contributed by atoms with Crippen LogP contribution in [0.3, 0.4) is 0 Å². The highest BCUT2D eigenvalue weighted by molar-refractivity contribution is 7.18. The van der Waals surface area contributed by atoms with Crippen LogP contribution < -0.4 is 5.32 Å². The molecule has 0 unspecified atom stereocenters. The summed E-state index contributed by atoms with van der Waals surface area (Å²) in [4.78, 5) is 12.6. The molecule has 0 atom stereocenters. The SMILES string of the molecule is O=C(Nc1ccccc1C#CCCO)c1ccc(Cl)s1. The van der Waals surface area contributed by atoms with E-state index in [1.165, 1.54) is 11.3 Å². The van der Waals surface area contributed by atoms with Gasteiger partial charge in [0.15, 0.2) is 0 Å². The van der Waals surface area contributed by atoms with Crippen LogP contribution in [0.5, 0.6) is 0 Å². The van der Waals surface area contributed by atoms with Gasteiger partial charge >= 0.3 is 0 Å². The number of carbonyl (C=O) groups excluding carboxylic acids is 1. The van der Waals surface area contributed by atoms with Crippen LogP contribution in [0.4, 0.5) is 5.69 Å². The number of carbonyl (C=O) groups is 1. The predicted octanol–water partition coefficient (Wildman–Crippen LogP) is 3.39. The van der Waals surface area contributed by atoms with Crippen molar-refractivity contribution in [3.8, 4) is 11.8 Å². The predicted molar refractivity (Wildman–Crippen MR) is 82.3 cm³/mol. The first-order valence-electron chi connectivity index (χ1n) is 5.96. The van der Waals surface area contributed by atoms with Gasteiger partial charge in [0.1, 0.15) is 0 Å². The molecule has 1 aromatic carbocycles. The highest BCUT2D eigenvalue weighted by Crippen LogP contribution is 2.23. The molecule has 0 radical (unpaired) electrons. The van der Waals surface area contributed by atoms with Gasteiger partial charge in [-0.25, -0.2) is 0 Å². The molecule has 0 aliphatic carbocycles. The minimum atomic E-state index is -0.210. The molecule has 0 bridgehead atoms. The summed E-state index contributed by atoms with van der Waals surface area (Å²) in [6.45, 7) is 0.0230. The van der Waals surface area contributed by atoms with E-state index < -0.39 is 0 Å². The fourth-order valence-corrected chi connectivity index (χ4v) is 2.47. The summed E-state index contributed by atoms with van der Waals surface area (Å²) in [7, 11) is 0. The highest BCUT2D eigenvalue weighted by Gasteiger charge is 2.10. The van der Waals surface area contributed by atoms with Crippen LogP contribution in [0.25, 0.3) is 0 Å². The Morgan fingerprint density at radius 1 is 1.30 bits per heavy atom. The zero-order valence-corrected chi connectivity index (χ0v) is 12.1. The Bertz CT molecular complexity index is 670. The number of anilines is 1. The van der Waals surface area contributed by atoms with Crippen LogP contribution in [-0.2, 0) is 0 Å². The molecule has 5 heteroatoms. The average molecular weight is 306 g/mol. The van der Waals surface area contributed by atoms with Crippen molar-refractivity contribution in [2.24, 2.45) is 0 Å². The van der Waals surface area contributed by atoms with Crippen molar-refractivity contribution in [1.29, 1.82) is 0 Å². The Hall–Kier alpha value is -1.80. The standard InChI is InChI=1S/C15H12ClNO2S/c16-14-9-8-13(20-14)15(19)17-12-7-2-1-5-11(12)6-3-4-10-18/h1-2,5,7-9,18H,4,10H2,(H,17,19). The van der Waals surface area contributed by atoms with Gasteiger partial charge in [0.05, 0.1) is 21.5 Å². The summed E-state index contributed by atoms with van der Waals surface area (Å²) in [5.74, 6) is 5.56. The highest BCUT2D eigenvalue weighted by atomic mass is 35.5. The van der Waals surface area contributed by atoms with E-state index in [1.54, 1.807) is 18.2 Å². The molecule has 2 N–H and O–H groups in total. The van der Waals surface area contributed by atoms with Gasteiger partial charge in [0.2, 0.25) is 0 Å². The topological polar surface area (TPSA) is 49.3 Å². The molecule has 2 aromatic rings. The van der Waals surface area contributed by atoms with Crippen LogP contribution in [0.1, 0.15) is 21.7 Å². The second-order valence-corrected chi connectivity index (χ2v) is 5.59. The van der Waals surface area contributed by atoms with Crippen LogP contribution in [0, 0.1) is 11.8 Å². The molecule has 0 spiro atoms. The molecule has 0 fully saturated rings. The molecule has 1 amide bonds. The minimum absolute atomic E-state index is 0.0230. The smallest absolute Gasteiger partial charge is 0.265 e. The maximum Gasteiger partial charge on any atom is 0.265 e. The molecule has 1 aromatic heterocycles. The lowest BCUT2D eigenvalue weighted by Gasteiger charge is -2.05. The van der Waals surface area contributed by atoms with Gasteiger partial charge in [0, 0.05) is 12.0 Å². The largest absolute Gasteiger partial charge is 0.395 e. The maximum atomic E-state index is 12.1. The fourth-order valence-electron chi connectivity index (χ4n) is 1.53. The molecule has 102 valence electrons. The Morgan fingerprint density at radius 2 is 2.10 bits per heavy atom. The van der Waals surface area contributed by atoms with Crippen molar-refractivity contribution in [1.82, 2.24) is 0 Å². The minimum Gasteiger partial charge on any atom is -0.395 e. The van der Waals surface area contributed by atoms with Gasteiger partial charge in [-0.3, -0.25) is 4.79 Å². The number of rotatable bonds is 3. The number of nitrogens with one attached hydrogen (secondary N) is 1. The van der Waals surface area contributed by atoms with Crippen LogP contribution >= 0.6 is 22.9 Å². The molecular formula is C15H12ClNO2S. The second kappa shape index (κ2) is 7.11.